The van der Waals surface area contributed by atoms with Crippen molar-refractivity contribution in [2.45, 2.75) is 18.9 Å². The Kier molecular flexibility index (Phi) is 3.84. The SMILES string of the molecule is Nc1ccc(C(=O)N2CCCC2c2ccccc2)c(Cl)c1. The Labute approximate surface area is 129 Å². The van der Waals surface area contributed by atoms with Crippen molar-refractivity contribution in [3.8, 4) is 0 Å². The van der Waals surface area contributed by atoms with Gasteiger partial charge in [0.15, 0.2) is 0 Å². The lowest BCUT2D eigenvalue weighted by Gasteiger charge is -2.25. The zero-order chi connectivity index (χ0) is 14.8. The fourth-order valence-corrected chi connectivity index (χ4v) is 3.16. The number of carbonyl (C=O) groups is 1. The van der Waals surface area contributed by atoms with Gasteiger partial charge in [0.1, 0.15) is 0 Å². The van der Waals surface area contributed by atoms with Gasteiger partial charge >= 0.3 is 0 Å². The standard InChI is InChI=1S/C17H17ClN2O/c18-15-11-13(19)8-9-14(15)17(21)20-10-4-7-16(20)12-5-2-1-3-6-12/h1-3,5-6,8-9,11,16H,4,7,10,19H2. The minimum Gasteiger partial charge on any atom is -0.399 e. The molecule has 3 rings (SSSR count). The van der Waals surface area contributed by atoms with Crippen molar-refractivity contribution in [1.82, 2.24) is 4.90 Å². The topological polar surface area (TPSA) is 46.3 Å². The number of hydrogen-bond donors (Lipinski definition) is 1. The van der Waals surface area contributed by atoms with E-state index in [-0.39, 0.29) is 11.9 Å². The molecule has 0 saturated carbocycles. The summed E-state index contributed by atoms with van der Waals surface area (Å²) in [6, 6.07) is 15.3. The normalized spacial score (nSPS) is 18.0. The molecule has 2 N–H and O–H groups in total. The molecule has 4 heteroatoms. The molecule has 1 fully saturated rings. The second kappa shape index (κ2) is 5.78. The molecule has 2 aromatic rings. The van der Waals surface area contributed by atoms with Gasteiger partial charge in [0, 0.05) is 12.2 Å². The predicted octanol–water partition coefficient (Wildman–Crippen LogP) is 3.90. The first-order valence-electron chi connectivity index (χ1n) is 7.08. The van der Waals surface area contributed by atoms with E-state index in [4.69, 9.17) is 17.3 Å². The van der Waals surface area contributed by atoms with Crippen LogP contribution in [0.5, 0.6) is 0 Å². The molecule has 1 unspecified atom stereocenters. The van der Waals surface area contributed by atoms with Gasteiger partial charge in [0.05, 0.1) is 16.6 Å². The molecule has 108 valence electrons. The second-order valence-corrected chi connectivity index (χ2v) is 5.71. The fraction of sp³-hybridized carbons (Fsp3) is 0.235. The number of halogens is 1. The van der Waals surface area contributed by atoms with Crippen molar-refractivity contribution in [2.75, 3.05) is 12.3 Å². The van der Waals surface area contributed by atoms with E-state index < -0.39 is 0 Å². The van der Waals surface area contributed by atoms with Crippen LogP contribution in [0.15, 0.2) is 48.5 Å². The van der Waals surface area contributed by atoms with Crippen molar-refractivity contribution >= 4 is 23.2 Å². The van der Waals surface area contributed by atoms with Gasteiger partial charge in [-0.25, -0.2) is 0 Å². The highest BCUT2D eigenvalue weighted by Gasteiger charge is 2.31. The Morgan fingerprint density at radius 1 is 1.19 bits per heavy atom. The van der Waals surface area contributed by atoms with Gasteiger partial charge in [-0.1, -0.05) is 41.9 Å². The van der Waals surface area contributed by atoms with Gasteiger partial charge in [0.25, 0.3) is 5.91 Å². The summed E-state index contributed by atoms with van der Waals surface area (Å²) in [7, 11) is 0. The molecule has 2 aromatic carbocycles. The van der Waals surface area contributed by atoms with E-state index in [2.05, 4.69) is 12.1 Å². The van der Waals surface area contributed by atoms with E-state index in [0.717, 1.165) is 19.4 Å². The molecule has 1 heterocycles. The zero-order valence-corrected chi connectivity index (χ0v) is 12.4. The van der Waals surface area contributed by atoms with Gasteiger partial charge in [-0.2, -0.15) is 0 Å². The number of benzene rings is 2. The Morgan fingerprint density at radius 2 is 1.95 bits per heavy atom. The van der Waals surface area contributed by atoms with E-state index in [1.54, 1.807) is 18.2 Å². The maximum absolute atomic E-state index is 12.8. The Balaban J connectivity index is 1.90. The molecule has 3 nitrogen and oxygen atoms in total. The van der Waals surface area contributed by atoms with Crippen LogP contribution < -0.4 is 5.73 Å². The maximum Gasteiger partial charge on any atom is 0.255 e. The quantitative estimate of drug-likeness (QED) is 0.855. The lowest BCUT2D eigenvalue weighted by atomic mass is 10.0. The maximum atomic E-state index is 12.8. The first kappa shape index (κ1) is 14.0. The number of nitrogens with two attached hydrogens (primary N) is 1. The van der Waals surface area contributed by atoms with Crippen LogP contribution >= 0.6 is 11.6 Å². The summed E-state index contributed by atoms with van der Waals surface area (Å²) in [5.74, 6) is -0.0219. The van der Waals surface area contributed by atoms with Crippen LogP contribution in [0.25, 0.3) is 0 Å². The van der Waals surface area contributed by atoms with Gasteiger partial charge in [0.2, 0.25) is 0 Å². The Morgan fingerprint density at radius 3 is 2.67 bits per heavy atom. The summed E-state index contributed by atoms with van der Waals surface area (Å²) in [5.41, 5.74) is 7.96. The molecule has 1 saturated heterocycles. The minimum atomic E-state index is -0.0219. The molecule has 0 radical (unpaired) electrons. The average Bonchev–Trinajstić information content (AvgIpc) is 2.97. The van der Waals surface area contributed by atoms with Crippen LogP contribution in [0.1, 0.15) is 34.8 Å². The van der Waals surface area contributed by atoms with Crippen LogP contribution in [0.2, 0.25) is 5.02 Å². The van der Waals surface area contributed by atoms with Crippen molar-refractivity contribution in [3.05, 3.63) is 64.7 Å². The molecule has 1 atom stereocenters. The summed E-state index contributed by atoms with van der Waals surface area (Å²) in [6.07, 6.45) is 2.00. The number of carbonyl (C=O) groups excluding carboxylic acids is 1. The van der Waals surface area contributed by atoms with Crippen molar-refractivity contribution in [3.63, 3.8) is 0 Å². The monoisotopic (exact) mass is 300 g/mol. The van der Waals surface area contributed by atoms with Gasteiger partial charge in [-0.05, 0) is 36.6 Å². The molecule has 0 spiro atoms. The van der Waals surface area contributed by atoms with E-state index in [9.17, 15) is 4.79 Å². The summed E-state index contributed by atoms with van der Waals surface area (Å²) in [6.45, 7) is 0.763. The van der Waals surface area contributed by atoms with E-state index in [1.165, 1.54) is 5.56 Å². The van der Waals surface area contributed by atoms with E-state index in [1.807, 2.05) is 23.1 Å². The first-order chi connectivity index (χ1) is 10.2. The summed E-state index contributed by atoms with van der Waals surface area (Å²) in [4.78, 5) is 14.7. The second-order valence-electron chi connectivity index (χ2n) is 5.31. The zero-order valence-electron chi connectivity index (χ0n) is 11.6. The fourth-order valence-electron chi connectivity index (χ4n) is 2.89. The number of nitrogen functional groups attached to an aromatic ring is 1. The molecule has 0 aliphatic carbocycles. The van der Waals surface area contributed by atoms with E-state index in [0.29, 0.717) is 16.3 Å². The average molecular weight is 301 g/mol. The molecule has 1 aliphatic heterocycles. The molecule has 21 heavy (non-hydrogen) atoms. The smallest absolute Gasteiger partial charge is 0.255 e. The van der Waals surface area contributed by atoms with Crippen molar-refractivity contribution in [2.24, 2.45) is 0 Å². The molecular formula is C17H17ClN2O. The number of amides is 1. The number of rotatable bonds is 2. The summed E-state index contributed by atoms with van der Waals surface area (Å²) < 4.78 is 0. The highest BCUT2D eigenvalue weighted by Crippen LogP contribution is 2.34. The number of anilines is 1. The van der Waals surface area contributed by atoms with Crippen LogP contribution in [0, 0.1) is 0 Å². The van der Waals surface area contributed by atoms with E-state index >= 15 is 0 Å². The summed E-state index contributed by atoms with van der Waals surface area (Å²) >= 11 is 6.17. The van der Waals surface area contributed by atoms with Crippen LogP contribution in [-0.2, 0) is 0 Å². The highest BCUT2D eigenvalue weighted by molar-refractivity contribution is 6.34. The number of nitrogens with zero attached hydrogens (tertiary/aromatic N) is 1. The van der Waals surface area contributed by atoms with Gasteiger partial charge in [-0.3, -0.25) is 4.79 Å². The molecule has 1 amide bonds. The van der Waals surface area contributed by atoms with Crippen LogP contribution in [0.4, 0.5) is 5.69 Å². The summed E-state index contributed by atoms with van der Waals surface area (Å²) in [5, 5.41) is 0.415. The molecule has 1 aliphatic rings. The third-order valence-corrected chi connectivity index (χ3v) is 4.23. The highest BCUT2D eigenvalue weighted by atomic mass is 35.5. The van der Waals surface area contributed by atoms with Crippen molar-refractivity contribution < 1.29 is 4.79 Å². The van der Waals surface area contributed by atoms with Crippen molar-refractivity contribution in [1.29, 1.82) is 0 Å². The largest absolute Gasteiger partial charge is 0.399 e. The molecular weight excluding hydrogens is 284 g/mol. The number of likely N-dealkylation sites (tertiary alicyclic amines) is 1. The van der Waals surface area contributed by atoms with Crippen LogP contribution in [-0.4, -0.2) is 17.4 Å². The Bertz CT molecular complexity index is 657. The lowest BCUT2D eigenvalue weighted by Crippen LogP contribution is -2.30. The van der Waals surface area contributed by atoms with Gasteiger partial charge < -0.3 is 10.6 Å². The third kappa shape index (κ3) is 2.74. The molecule has 0 aromatic heterocycles. The first-order valence-corrected chi connectivity index (χ1v) is 7.45. The minimum absolute atomic E-state index is 0.0219. The third-order valence-electron chi connectivity index (χ3n) is 3.92. The Hall–Kier alpha value is -2.00. The van der Waals surface area contributed by atoms with Crippen LogP contribution in [0.3, 0.4) is 0 Å². The predicted molar refractivity (Wildman–Crippen MR) is 85.3 cm³/mol. The van der Waals surface area contributed by atoms with Gasteiger partial charge in [-0.15, -0.1) is 0 Å². The molecule has 0 bridgehead atoms. The lowest BCUT2D eigenvalue weighted by molar-refractivity contribution is 0.0736. The number of hydrogen-bond acceptors (Lipinski definition) is 2.